The van der Waals surface area contributed by atoms with Crippen molar-refractivity contribution in [3.8, 4) is 0 Å². The second-order valence-electron chi connectivity index (χ2n) is 3.70. The van der Waals surface area contributed by atoms with Gasteiger partial charge in [0.05, 0.1) is 17.3 Å². The second kappa shape index (κ2) is 4.94. The Morgan fingerprint density at radius 3 is 2.71 bits per heavy atom. The minimum atomic E-state index is 0.553. The summed E-state index contributed by atoms with van der Waals surface area (Å²) >= 11 is 11.9. The number of anilines is 1. The van der Waals surface area contributed by atoms with E-state index in [0.29, 0.717) is 16.6 Å². The first-order valence-electron chi connectivity index (χ1n) is 5.11. The van der Waals surface area contributed by atoms with Crippen LogP contribution in [0.25, 0.3) is 0 Å². The number of nitrogens with one attached hydrogen (secondary N) is 1. The first-order chi connectivity index (χ1) is 8.08. The monoisotopic (exact) mass is 270 g/mol. The van der Waals surface area contributed by atoms with E-state index in [1.807, 2.05) is 18.5 Å². The SMILES string of the molecule is Cc1nnc(CNc2cc(Cl)ccc2Cl)n1C. The molecule has 6 heteroatoms. The summed E-state index contributed by atoms with van der Waals surface area (Å²) in [4.78, 5) is 0. The third kappa shape index (κ3) is 2.70. The van der Waals surface area contributed by atoms with E-state index in [2.05, 4.69) is 15.5 Å². The van der Waals surface area contributed by atoms with E-state index in [1.54, 1.807) is 18.2 Å². The molecule has 0 atom stereocenters. The van der Waals surface area contributed by atoms with E-state index in [9.17, 15) is 0 Å². The van der Waals surface area contributed by atoms with Crippen molar-refractivity contribution >= 4 is 28.9 Å². The molecule has 2 rings (SSSR count). The van der Waals surface area contributed by atoms with Gasteiger partial charge in [-0.05, 0) is 25.1 Å². The van der Waals surface area contributed by atoms with Crippen LogP contribution in [-0.2, 0) is 13.6 Å². The van der Waals surface area contributed by atoms with Crippen molar-refractivity contribution in [3.63, 3.8) is 0 Å². The summed E-state index contributed by atoms with van der Waals surface area (Å²) in [6.45, 7) is 2.46. The van der Waals surface area contributed by atoms with Gasteiger partial charge in [0.15, 0.2) is 5.82 Å². The average molecular weight is 271 g/mol. The van der Waals surface area contributed by atoms with E-state index < -0.39 is 0 Å². The maximum absolute atomic E-state index is 6.04. The van der Waals surface area contributed by atoms with Gasteiger partial charge in [0.25, 0.3) is 0 Å². The topological polar surface area (TPSA) is 42.7 Å². The fraction of sp³-hybridized carbons (Fsp3) is 0.273. The summed E-state index contributed by atoms with van der Waals surface area (Å²) in [6, 6.07) is 5.29. The molecule has 0 radical (unpaired) electrons. The van der Waals surface area contributed by atoms with Gasteiger partial charge in [0.1, 0.15) is 5.82 Å². The molecule has 0 fully saturated rings. The van der Waals surface area contributed by atoms with Crippen LogP contribution < -0.4 is 5.32 Å². The molecule has 0 amide bonds. The molecule has 0 saturated heterocycles. The summed E-state index contributed by atoms with van der Waals surface area (Å²) in [5, 5.41) is 12.5. The molecule has 4 nitrogen and oxygen atoms in total. The van der Waals surface area contributed by atoms with Crippen molar-refractivity contribution in [2.24, 2.45) is 7.05 Å². The van der Waals surface area contributed by atoms with Gasteiger partial charge >= 0.3 is 0 Å². The predicted molar refractivity (Wildman–Crippen MR) is 69.5 cm³/mol. The molecule has 2 aromatic rings. The van der Waals surface area contributed by atoms with Crippen LogP contribution in [0.3, 0.4) is 0 Å². The van der Waals surface area contributed by atoms with Crippen molar-refractivity contribution < 1.29 is 0 Å². The quantitative estimate of drug-likeness (QED) is 0.933. The van der Waals surface area contributed by atoms with Crippen LogP contribution in [0, 0.1) is 6.92 Å². The van der Waals surface area contributed by atoms with Gasteiger partial charge in [-0.3, -0.25) is 0 Å². The number of aryl methyl sites for hydroxylation is 1. The first kappa shape index (κ1) is 12.2. The Morgan fingerprint density at radius 2 is 2.06 bits per heavy atom. The summed E-state index contributed by atoms with van der Waals surface area (Å²) in [7, 11) is 1.92. The lowest BCUT2D eigenvalue weighted by Crippen LogP contribution is -2.07. The molecule has 1 aromatic carbocycles. The number of halogens is 2. The molecule has 0 spiro atoms. The summed E-state index contributed by atoms with van der Waals surface area (Å²) in [5.41, 5.74) is 0.791. The molecule has 17 heavy (non-hydrogen) atoms. The first-order valence-corrected chi connectivity index (χ1v) is 5.87. The Bertz CT molecular complexity index is 536. The zero-order chi connectivity index (χ0) is 12.4. The van der Waals surface area contributed by atoms with E-state index >= 15 is 0 Å². The highest BCUT2D eigenvalue weighted by atomic mass is 35.5. The third-order valence-electron chi connectivity index (χ3n) is 2.55. The maximum atomic E-state index is 6.04. The third-order valence-corrected chi connectivity index (χ3v) is 3.11. The Hall–Kier alpha value is -1.26. The van der Waals surface area contributed by atoms with E-state index in [0.717, 1.165) is 17.3 Å². The Balaban J connectivity index is 2.12. The lowest BCUT2D eigenvalue weighted by atomic mass is 10.3. The molecule has 0 unspecified atom stereocenters. The minimum Gasteiger partial charge on any atom is -0.376 e. The smallest absolute Gasteiger partial charge is 0.152 e. The van der Waals surface area contributed by atoms with Gasteiger partial charge < -0.3 is 9.88 Å². The number of hydrogen-bond acceptors (Lipinski definition) is 3. The van der Waals surface area contributed by atoms with Crippen LogP contribution in [0.15, 0.2) is 18.2 Å². The molecule has 1 aromatic heterocycles. The standard InChI is InChI=1S/C11H12Cl2N4/c1-7-15-16-11(17(7)2)6-14-10-5-8(12)3-4-9(10)13/h3-5,14H,6H2,1-2H3. The fourth-order valence-corrected chi connectivity index (χ4v) is 1.77. The number of hydrogen-bond donors (Lipinski definition) is 1. The van der Waals surface area contributed by atoms with Crippen LogP contribution in [0.5, 0.6) is 0 Å². The maximum Gasteiger partial charge on any atom is 0.152 e. The minimum absolute atomic E-state index is 0.553. The van der Waals surface area contributed by atoms with Crippen LogP contribution in [-0.4, -0.2) is 14.8 Å². The van der Waals surface area contributed by atoms with Crippen LogP contribution in [0.1, 0.15) is 11.6 Å². The van der Waals surface area contributed by atoms with Gasteiger partial charge in [-0.25, -0.2) is 0 Å². The molecule has 0 aliphatic carbocycles. The van der Waals surface area contributed by atoms with Crippen molar-refractivity contribution in [1.82, 2.24) is 14.8 Å². The van der Waals surface area contributed by atoms with E-state index in [-0.39, 0.29) is 0 Å². The van der Waals surface area contributed by atoms with Crippen LogP contribution in [0.4, 0.5) is 5.69 Å². The Kier molecular flexibility index (Phi) is 3.54. The zero-order valence-corrected chi connectivity index (χ0v) is 11.0. The molecule has 0 aliphatic rings. The predicted octanol–water partition coefficient (Wildman–Crippen LogP) is 3.04. The van der Waals surface area contributed by atoms with Crippen molar-refractivity contribution in [3.05, 3.63) is 39.9 Å². The van der Waals surface area contributed by atoms with Gasteiger partial charge in [-0.1, -0.05) is 23.2 Å². The average Bonchev–Trinajstić information content (AvgIpc) is 2.62. The molecule has 0 saturated carbocycles. The summed E-state index contributed by atoms with van der Waals surface area (Å²) in [5.74, 6) is 1.72. The van der Waals surface area contributed by atoms with Crippen molar-refractivity contribution in [2.75, 3.05) is 5.32 Å². The number of aromatic nitrogens is 3. The van der Waals surface area contributed by atoms with Gasteiger partial charge in [-0.2, -0.15) is 0 Å². The summed E-state index contributed by atoms with van der Waals surface area (Å²) < 4.78 is 1.92. The van der Waals surface area contributed by atoms with Crippen molar-refractivity contribution in [2.45, 2.75) is 13.5 Å². The molecular formula is C11H12Cl2N4. The molecule has 0 aliphatic heterocycles. The van der Waals surface area contributed by atoms with Gasteiger partial charge in [0, 0.05) is 12.1 Å². The molecule has 90 valence electrons. The normalized spacial score (nSPS) is 10.6. The highest BCUT2D eigenvalue weighted by Crippen LogP contribution is 2.25. The summed E-state index contributed by atoms with van der Waals surface area (Å²) in [6.07, 6.45) is 0. The van der Waals surface area contributed by atoms with Gasteiger partial charge in [0.2, 0.25) is 0 Å². The molecular weight excluding hydrogens is 259 g/mol. The van der Waals surface area contributed by atoms with Crippen LogP contribution in [0.2, 0.25) is 10.0 Å². The number of benzene rings is 1. The lowest BCUT2D eigenvalue weighted by molar-refractivity contribution is 0.789. The number of rotatable bonds is 3. The molecule has 1 heterocycles. The van der Waals surface area contributed by atoms with E-state index in [1.165, 1.54) is 0 Å². The van der Waals surface area contributed by atoms with E-state index in [4.69, 9.17) is 23.2 Å². The zero-order valence-electron chi connectivity index (χ0n) is 9.54. The molecule has 1 N–H and O–H groups in total. The highest BCUT2D eigenvalue weighted by Gasteiger charge is 2.06. The Labute approximate surface area is 110 Å². The highest BCUT2D eigenvalue weighted by molar-refractivity contribution is 6.35. The largest absolute Gasteiger partial charge is 0.376 e. The Morgan fingerprint density at radius 1 is 1.29 bits per heavy atom. The molecule has 0 bridgehead atoms. The lowest BCUT2D eigenvalue weighted by Gasteiger charge is -2.08. The second-order valence-corrected chi connectivity index (χ2v) is 4.54. The van der Waals surface area contributed by atoms with Crippen LogP contribution >= 0.6 is 23.2 Å². The van der Waals surface area contributed by atoms with Crippen molar-refractivity contribution in [1.29, 1.82) is 0 Å². The number of nitrogens with zero attached hydrogens (tertiary/aromatic N) is 3. The fourth-order valence-electron chi connectivity index (χ4n) is 1.41. The van der Waals surface area contributed by atoms with Gasteiger partial charge in [-0.15, -0.1) is 10.2 Å².